The van der Waals surface area contributed by atoms with Crippen molar-refractivity contribution in [3.63, 3.8) is 0 Å². The number of allylic oxidation sites excluding steroid dienone is 10. The molecule has 0 amide bonds. The fraction of sp³-hybridized carbons (Fsp3) is 0.822. The third-order valence-electron chi connectivity index (χ3n) is 15.5. The monoisotopic (exact) mass is 1110 g/mol. The van der Waals surface area contributed by atoms with Gasteiger partial charge in [-0.3, -0.25) is 14.4 Å². The van der Waals surface area contributed by atoms with E-state index in [2.05, 4.69) is 81.5 Å². The minimum absolute atomic E-state index is 0.0675. The summed E-state index contributed by atoms with van der Waals surface area (Å²) in [6.45, 7) is 6.59. The lowest BCUT2D eigenvalue weighted by atomic mass is 10.0. The van der Waals surface area contributed by atoms with Crippen molar-refractivity contribution in [1.82, 2.24) is 0 Å². The summed E-state index contributed by atoms with van der Waals surface area (Å²) in [7, 11) is 0. The van der Waals surface area contributed by atoms with Crippen molar-refractivity contribution < 1.29 is 28.6 Å². The maximum atomic E-state index is 12.9. The average molecular weight is 1110 g/mol. The Morgan fingerprint density at radius 1 is 0.266 bits per heavy atom. The zero-order valence-corrected chi connectivity index (χ0v) is 52.9. The van der Waals surface area contributed by atoms with E-state index in [9.17, 15) is 14.4 Å². The van der Waals surface area contributed by atoms with E-state index in [1.54, 1.807) is 0 Å². The summed E-state index contributed by atoms with van der Waals surface area (Å²) in [5, 5.41) is 0. The first-order chi connectivity index (χ1) is 39.0. The molecule has 79 heavy (non-hydrogen) atoms. The molecule has 1 atom stereocenters. The zero-order valence-electron chi connectivity index (χ0n) is 52.9. The molecule has 0 rings (SSSR count). The quantitative estimate of drug-likeness (QED) is 0.0261. The van der Waals surface area contributed by atoms with Crippen LogP contribution in [0.25, 0.3) is 0 Å². The number of hydrogen-bond acceptors (Lipinski definition) is 6. The van der Waals surface area contributed by atoms with Gasteiger partial charge in [-0.1, -0.05) is 345 Å². The molecule has 0 radical (unpaired) electrons. The highest BCUT2D eigenvalue weighted by atomic mass is 16.6. The van der Waals surface area contributed by atoms with Gasteiger partial charge >= 0.3 is 17.9 Å². The number of hydrogen-bond donors (Lipinski definition) is 0. The van der Waals surface area contributed by atoms with Crippen LogP contribution in [0.2, 0.25) is 0 Å². The summed E-state index contributed by atoms with van der Waals surface area (Å²) >= 11 is 0. The number of carbonyl (C=O) groups excluding carboxylic acids is 3. The van der Waals surface area contributed by atoms with Crippen LogP contribution >= 0.6 is 0 Å². The Kier molecular flexibility index (Phi) is 65.1. The second-order valence-corrected chi connectivity index (χ2v) is 23.4. The van der Waals surface area contributed by atoms with E-state index in [1.807, 2.05) is 0 Å². The molecule has 0 spiro atoms. The smallest absolute Gasteiger partial charge is 0.306 e. The van der Waals surface area contributed by atoms with Crippen LogP contribution in [0.4, 0.5) is 0 Å². The van der Waals surface area contributed by atoms with Crippen molar-refractivity contribution in [2.24, 2.45) is 0 Å². The van der Waals surface area contributed by atoms with Crippen LogP contribution in [0.3, 0.4) is 0 Å². The summed E-state index contributed by atoms with van der Waals surface area (Å²) in [5.41, 5.74) is 0. The summed E-state index contributed by atoms with van der Waals surface area (Å²) in [6.07, 6.45) is 86.7. The van der Waals surface area contributed by atoms with Gasteiger partial charge in [0.2, 0.25) is 0 Å². The van der Waals surface area contributed by atoms with E-state index in [-0.39, 0.29) is 31.1 Å². The molecule has 0 aromatic heterocycles. The number of ether oxygens (including phenoxy) is 3. The molecule has 0 saturated carbocycles. The number of carbonyl (C=O) groups is 3. The molecule has 0 aliphatic heterocycles. The van der Waals surface area contributed by atoms with E-state index < -0.39 is 6.10 Å². The zero-order chi connectivity index (χ0) is 57.1. The SMILES string of the molecule is CC/C=C\C/C=C\C/C=C\C/C=C\C/C=C\CCCCCCCCCCCCCCCC(=O)OCC(COC(=O)CCCCCCCCCCCCCCCC)OC(=O)CCCCCCCCCCCCCCCCCCCC. The topological polar surface area (TPSA) is 78.9 Å². The lowest BCUT2D eigenvalue weighted by Crippen LogP contribution is -2.30. The molecule has 0 bridgehead atoms. The third-order valence-corrected chi connectivity index (χ3v) is 15.5. The van der Waals surface area contributed by atoms with Crippen LogP contribution in [0.1, 0.15) is 367 Å². The van der Waals surface area contributed by atoms with Crippen LogP contribution in [-0.2, 0) is 28.6 Å². The van der Waals surface area contributed by atoms with E-state index in [0.717, 1.165) is 89.9 Å². The molecule has 0 saturated heterocycles. The van der Waals surface area contributed by atoms with Gasteiger partial charge in [0.05, 0.1) is 0 Å². The Labute approximate surface area is 491 Å². The number of esters is 3. The van der Waals surface area contributed by atoms with Gasteiger partial charge in [-0.2, -0.15) is 0 Å². The normalized spacial score (nSPS) is 12.4. The maximum absolute atomic E-state index is 12.9. The van der Waals surface area contributed by atoms with E-state index in [0.29, 0.717) is 19.3 Å². The second kappa shape index (κ2) is 67.6. The van der Waals surface area contributed by atoms with Gasteiger partial charge in [-0.25, -0.2) is 0 Å². The number of unbranched alkanes of at least 4 members (excludes halogenated alkanes) is 43. The van der Waals surface area contributed by atoms with Crippen molar-refractivity contribution in [3.8, 4) is 0 Å². The molecule has 0 N–H and O–H groups in total. The molecule has 6 heteroatoms. The summed E-state index contributed by atoms with van der Waals surface area (Å²) in [6, 6.07) is 0. The Hall–Kier alpha value is -2.89. The maximum Gasteiger partial charge on any atom is 0.306 e. The largest absolute Gasteiger partial charge is 0.462 e. The molecular weight excluding hydrogens is 973 g/mol. The molecule has 0 aliphatic carbocycles. The Balaban J connectivity index is 4.23. The predicted octanol–water partition coefficient (Wildman–Crippen LogP) is 23.9. The fourth-order valence-corrected chi connectivity index (χ4v) is 10.4. The van der Waals surface area contributed by atoms with Gasteiger partial charge in [0.1, 0.15) is 13.2 Å². The Morgan fingerprint density at radius 2 is 0.494 bits per heavy atom. The fourth-order valence-electron chi connectivity index (χ4n) is 10.4. The summed E-state index contributed by atoms with van der Waals surface area (Å²) in [4.78, 5) is 38.4. The lowest BCUT2D eigenvalue weighted by molar-refractivity contribution is -0.167. The Bertz CT molecular complexity index is 1410. The average Bonchev–Trinajstić information content (AvgIpc) is 3.45. The summed E-state index contributed by atoms with van der Waals surface area (Å²) < 4.78 is 17.0. The minimum Gasteiger partial charge on any atom is -0.462 e. The highest BCUT2D eigenvalue weighted by Crippen LogP contribution is 2.18. The molecule has 6 nitrogen and oxygen atoms in total. The lowest BCUT2D eigenvalue weighted by Gasteiger charge is -2.18. The van der Waals surface area contributed by atoms with Crippen LogP contribution in [0.5, 0.6) is 0 Å². The minimum atomic E-state index is -0.771. The van der Waals surface area contributed by atoms with Gasteiger partial charge in [0, 0.05) is 19.3 Å². The predicted molar refractivity (Wildman–Crippen MR) is 344 cm³/mol. The van der Waals surface area contributed by atoms with Crippen molar-refractivity contribution in [1.29, 1.82) is 0 Å². The second-order valence-electron chi connectivity index (χ2n) is 23.4. The highest BCUT2D eigenvalue weighted by molar-refractivity contribution is 5.71. The van der Waals surface area contributed by atoms with Gasteiger partial charge in [0.25, 0.3) is 0 Å². The molecular formula is C73H132O6. The van der Waals surface area contributed by atoms with Crippen LogP contribution in [-0.4, -0.2) is 37.2 Å². The summed E-state index contributed by atoms with van der Waals surface area (Å²) in [5.74, 6) is -0.842. The van der Waals surface area contributed by atoms with Crippen molar-refractivity contribution in [2.75, 3.05) is 13.2 Å². The molecule has 0 fully saturated rings. The first kappa shape index (κ1) is 76.1. The van der Waals surface area contributed by atoms with E-state index >= 15 is 0 Å². The highest BCUT2D eigenvalue weighted by Gasteiger charge is 2.19. The van der Waals surface area contributed by atoms with Crippen LogP contribution < -0.4 is 0 Å². The number of rotatable bonds is 64. The van der Waals surface area contributed by atoms with Gasteiger partial charge in [-0.15, -0.1) is 0 Å². The van der Waals surface area contributed by atoms with Crippen molar-refractivity contribution in [2.45, 2.75) is 374 Å². The molecule has 0 aliphatic rings. The first-order valence-electron chi connectivity index (χ1n) is 34.8. The Morgan fingerprint density at radius 3 is 0.772 bits per heavy atom. The van der Waals surface area contributed by atoms with Crippen molar-refractivity contribution in [3.05, 3.63) is 60.8 Å². The van der Waals surface area contributed by atoms with E-state index in [1.165, 1.54) is 238 Å². The first-order valence-corrected chi connectivity index (χ1v) is 34.8. The van der Waals surface area contributed by atoms with Crippen LogP contribution in [0.15, 0.2) is 60.8 Å². The van der Waals surface area contributed by atoms with Gasteiger partial charge < -0.3 is 14.2 Å². The molecule has 0 heterocycles. The molecule has 1 unspecified atom stereocenters. The van der Waals surface area contributed by atoms with Gasteiger partial charge in [-0.05, 0) is 64.2 Å². The van der Waals surface area contributed by atoms with Crippen molar-refractivity contribution >= 4 is 17.9 Å². The standard InChI is InChI=1S/C73H132O6/c1-4-7-10-13-16-19-22-25-28-30-32-33-34-35-36-37-38-39-40-41-42-44-45-48-51-54-57-60-63-66-72(75)78-69-70(68-77-71(74)65-62-59-56-53-50-47-27-24-21-18-15-12-9-6-3)79-73(76)67-64-61-58-55-52-49-46-43-31-29-26-23-20-17-14-11-8-5-2/h7,10,16,19,25,28,32-33,35-36,70H,4-6,8-9,11-15,17-18,20-24,26-27,29-31,34,37-69H2,1-3H3/b10-7-,19-16-,28-25-,33-32-,36-35-. The molecule has 0 aromatic rings. The van der Waals surface area contributed by atoms with Crippen LogP contribution in [0, 0.1) is 0 Å². The third kappa shape index (κ3) is 65.8. The van der Waals surface area contributed by atoms with E-state index in [4.69, 9.17) is 14.2 Å². The molecule has 0 aromatic carbocycles. The molecule has 460 valence electrons. The van der Waals surface area contributed by atoms with Gasteiger partial charge in [0.15, 0.2) is 6.10 Å².